The molecule has 5 nitrogen and oxygen atoms in total. The van der Waals surface area contributed by atoms with Crippen LogP contribution in [0.4, 0.5) is 5.00 Å². The standard InChI is InChI=1S/C18H13N3O2S2/c19-9-13-12-7-4-8-14(12)25-17(13)21-15(22)10-24-18(21)20-16(23)11-5-2-1-3-6-11/h1-3,5-6H,4,7-8,10H2. The lowest BCUT2D eigenvalue weighted by Crippen LogP contribution is -2.29. The van der Waals surface area contributed by atoms with Gasteiger partial charge in [0.1, 0.15) is 11.1 Å². The van der Waals surface area contributed by atoms with Gasteiger partial charge in [0, 0.05) is 10.4 Å². The molecule has 1 aliphatic heterocycles. The zero-order valence-electron chi connectivity index (χ0n) is 13.2. The van der Waals surface area contributed by atoms with Crippen molar-refractivity contribution in [3.05, 3.63) is 51.9 Å². The maximum atomic E-state index is 12.4. The predicted octanol–water partition coefficient (Wildman–Crippen LogP) is 3.38. The van der Waals surface area contributed by atoms with Gasteiger partial charge in [0.15, 0.2) is 5.17 Å². The highest BCUT2D eigenvalue weighted by Gasteiger charge is 2.35. The fourth-order valence-electron chi connectivity index (χ4n) is 3.04. The number of thiophene rings is 1. The summed E-state index contributed by atoms with van der Waals surface area (Å²) >= 11 is 2.72. The summed E-state index contributed by atoms with van der Waals surface area (Å²) in [5.41, 5.74) is 2.10. The normalized spacial score (nSPS) is 17.8. The Labute approximate surface area is 153 Å². The molecule has 124 valence electrons. The van der Waals surface area contributed by atoms with Crippen LogP contribution < -0.4 is 4.90 Å². The van der Waals surface area contributed by atoms with Crippen molar-refractivity contribution >= 4 is 45.1 Å². The fraction of sp³-hybridized carbons (Fsp3) is 0.222. The van der Waals surface area contributed by atoms with E-state index in [0.29, 0.717) is 21.3 Å². The molecule has 1 fully saturated rings. The van der Waals surface area contributed by atoms with Crippen molar-refractivity contribution in [3.8, 4) is 6.07 Å². The topological polar surface area (TPSA) is 73.5 Å². The minimum atomic E-state index is -0.384. The molecule has 7 heteroatoms. The molecule has 25 heavy (non-hydrogen) atoms. The molecule has 0 radical (unpaired) electrons. The van der Waals surface area contributed by atoms with Crippen molar-refractivity contribution in [3.63, 3.8) is 0 Å². The van der Waals surface area contributed by atoms with Crippen LogP contribution in [0.1, 0.15) is 32.8 Å². The van der Waals surface area contributed by atoms with Crippen LogP contribution in [-0.2, 0) is 17.6 Å². The SMILES string of the molecule is N#Cc1c(N2C(=O)CSC2=NC(=O)c2ccccc2)sc2c1CCC2. The van der Waals surface area contributed by atoms with Crippen molar-refractivity contribution in [2.45, 2.75) is 19.3 Å². The van der Waals surface area contributed by atoms with E-state index >= 15 is 0 Å². The number of nitriles is 1. The van der Waals surface area contributed by atoms with E-state index in [1.165, 1.54) is 32.9 Å². The van der Waals surface area contributed by atoms with Gasteiger partial charge in [-0.05, 0) is 37.0 Å². The molecule has 4 rings (SSSR count). The first-order valence-electron chi connectivity index (χ1n) is 7.87. The van der Waals surface area contributed by atoms with E-state index in [2.05, 4.69) is 11.1 Å². The lowest BCUT2D eigenvalue weighted by atomic mass is 10.1. The third-order valence-electron chi connectivity index (χ3n) is 4.20. The summed E-state index contributed by atoms with van der Waals surface area (Å²) in [6, 6.07) is 11.0. The second-order valence-electron chi connectivity index (χ2n) is 5.73. The number of rotatable bonds is 2. The number of benzene rings is 1. The lowest BCUT2D eigenvalue weighted by Gasteiger charge is -2.14. The van der Waals surface area contributed by atoms with Gasteiger partial charge < -0.3 is 0 Å². The average molecular weight is 367 g/mol. The zero-order chi connectivity index (χ0) is 17.4. The minimum absolute atomic E-state index is 0.138. The number of anilines is 1. The molecule has 0 unspecified atom stereocenters. The average Bonchev–Trinajstić information content (AvgIpc) is 3.30. The summed E-state index contributed by atoms with van der Waals surface area (Å²) in [6.07, 6.45) is 2.87. The first kappa shape index (κ1) is 16.1. The highest BCUT2D eigenvalue weighted by Crippen LogP contribution is 2.43. The number of aryl methyl sites for hydroxylation is 1. The molecule has 1 aromatic carbocycles. The number of aliphatic imine (C=N–C) groups is 1. The van der Waals surface area contributed by atoms with Gasteiger partial charge in [-0.1, -0.05) is 30.0 Å². The highest BCUT2D eigenvalue weighted by molar-refractivity contribution is 8.15. The van der Waals surface area contributed by atoms with Crippen LogP contribution in [0.15, 0.2) is 35.3 Å². The molecule has 2 aliphatic rings. The van der Waals surface area contributed by atoms with Crippen molar-refractivity contribution in [1.82, 2.24) is 0 Å². The van der Waals surface area contributed by atoms with E-state index in [4.69, 9.17) is 0 Å². The molecule has 0 spiro atoms. The smallest absolute Gasteiger partial charge is 0.273 e. The molecule has 1 saturated heterocycles. The molecule has 0 saturated carbocycles. The van der Waals surface area contributed by atoms with Crippen molar-refractivity contribution in [2.24, 2.45) is 4.99 Å². The van der Waals surface area contributed by atoms with Crippen molar-refractivity contribution < 1.29 is 9.59 Å². The summed E-state index contributed by atoms with van der Waals surface area (Å²) in [5, 5.41) is 10.5. The number of carbonyl (C=O) groups excluding carboxylic acids is 2. The molecule has 1 aromatic heterocycles. The Bertz CT molecular complexity index is 941. The lowest BCUT2D eigenvalue weighted by molar-refractivity contribution is -0.115. The Morgan fingerprint density at radius 3 is 2.80 bits per heavy atom. The molecular formula is C18H13N3O2S2. The molecule has 2 amide bonds. The Morgan fingerprint density at radius 2 is 2.04 bits per heavy atom. The molecule has 0 bridgehead atoms. The quantitative estimate of drug-likeness (QED) is 0.815. The number of carbonyl (C=O) groups is 2. The van der Waals surface area contributed by atoms with E-state index in [1.807, 2.05) is 6.07 Å². The first-order valence-corrected chi connectivity index (χ1v) is 9.67. The van der Waals surface area contributed by atoms with Crippen LogP contribution in [0.3, 0.4) is 0 Å². The van der Waals surface area contributed by atoms with Crippen molar-refractivity contribution in [1.29, 1.82) is 5.26 Å². The van der Waals surface area contributed by atoms with Gasteiger partial charge in [-0.3, -0.25) is 9.59 Å². The van der Waals surface area contributed by atoms with Gasteiger partial charge in [-0.15, -0.1) is 11.3 Å². The van der Waals surface area contributed by atoms with Crippen LogP contribution in [0, 0.1) is 11.3 Å². The van der Waals surface area contributed by atoms with Crippen molar-refractivity contribution in [2.75, 3.05) is 10.7 Å². The Kier molecular flexibility index (Phi) is 4.15. The molecule has 0 N–H and O–H groups in total. The van der Waals surface area contributed by atoms with Gasteiger partial charge in [-0.2, -0.15) is 10.3 Å². The monoisotopic (exact) mass is 367 g/mol. The minimum Gasteiger partial charge on any atom is -0.273 e. The molecule has 1 aliphatic carbocycles. The first-order chi connectivity index (χ1) is 12.2. The molecule has 2 aromatic rings. The second kappa shape index (κ2) is 6.47. The van der Waals surface area contributed by atoms with E-state index in [0.717, 1.165) is 24.8 Å². The van der Waals surface area contributed by atoms with Crippen LogP contribution in [0.2, 0.25) is 0 Å². The highest BCUT2D eigenvalue weighted by atomic mass is 32.2. The number of nitrogens with zero attached hydrogens (tertiary/aromatic N) is 3. The second-order valence-corrected chi connectivity index (χ2v) is 7.76. The Morgan fingerprint density at radius 1 is 1.24 bits per heavy atom. The van der Waals surface area contributed by atoms with Crippen LogP contribution in [0.5, 0.6) is 0 Å². The molecule has 0 atom stereocenters. The zero-order valence-corrected chi connectivity index (χ0v) is 14.8. The summed E-state index contributed by atoms with van der Waals surface area (Å²) in [7, 11) is 0. The number of hydrogen-bond donors (Lipinski definition) is 0. The van der Waals surface area contributed by atoms with E-state index in [9.17, 15) is 14.9 Å². The summed E-state index contributed by atoms with van der Waals surface area (Å²) < 4.78 is 0. The van der Waals surface area contributed by atoms with Gasteiger partial charge in [0.25, 0.3) is 5.91 Å². The van der Waals surface area contributed by atoms with Crippen LogP contribution in [0.25, 0.3) is 0 Å². The predicted molar refractivity (Wildman–Crippen MR) is 99.2 cm³/mol. The number of amides is 2. The Hall–Kier alpha value is -2.43. The third-order valence-corrected chi connectivity index (χ3v) is 6.40. The molecule has 2 heterocycles. The van der Waals surface area contributed by atoms with E-state index in [1.54, 1.807) is 24.3 Å². The maximum absolute atomic E-state index is 12.4. The Balaban J connectivity index is 1.74. The van der Waals surface area contributed by atoms with Gasteiger partial charge in [0.05, 0.1) is 11.3 Å². The third kappa shape index (κ3) is 2.77. The van der Waals surface area contributed by atoms with E-state index in [-0.39, 0.29) is 17.6 Å². The number of thioether (sulfide) groups is 1. The largest absolute Gasteiger partial charge is 0.279 e. The number of fused-ring (bicyclic) bond motifs is 1. The molecular weight excluding hydrogens is 354 g/mol. The van der Waals surface area contributed by atoms with Gasteiger partial charge >= 0.3 is 0 Å². The number of amidine groups is 1. The fourth-order valence-corrected chi connectivity index (χ4v) is 5.31. The van der Waals surface area contributed by atoms with Gasteiger partial charge in [-0.25, -0.2) is 4.90 Å². The van der Waals surface area contributed by atoms with E-state index < -0.39 is 0 Å². The van der Waals surface area contributed by atoms with Crippen LogP contribution in [-0.4, -0.2) is 22.7 Å². The number of hydrogen-bond acceptors (Lipinski definition) is 5. The summed E-state index contributed by atoms with van der Waals surface area (Å²) in [6.45, 7) is 0. The summed E-state index contributed by atoms with van der Waals surface area (Å²) in [5.74, 6) is -0.291. The maximum Gasteiger partial charge on any atom is 0.279 e. The summed E-state index contributed by atoms with van der Waals surface area (Å²) in [4.78, 5) is 31.6. The van der Waals surface area contributed by atoms with Gasteiger partial charge in [0.2, 0.25) is 5.91 Å². The van der Waals surface area contributed by atoms with Crippen LogP contribution >= 0.6 is 23.1 Å².